The molecule has 1 amide bonds. The number of anilines is 1. The quantitative estimate of drug-likeness (QED) is 0.772. The van der Waals surface area contributed by atoms with Crippen LogP contribution in [0.1, 0.15) is 21.9 Å². The molecule has 0 saturated heterocycles. The fourth-order valence-electron chi connectivity index (χ4n) is 1.90. The van der Waals surface area contributed by atoms with Gasteiger partial charge in [0, 0.05) is 6.07 Å². The van der Waals surface area contributed by atoms with Gasteiger partial charge in [-0.15, -0.1) is 0 Å². The van der Waals surface area contributed by atoms with E-state index in [0.717, 1.165) is 5.52 Å². The van der Waals surface area contributed by atoms with E-state index in [-0.39, 0.29) is 11.6 Å². The molecule has 0 atom stereocenters. The normalized spacial score (nSPS) is 10.7. The average molecular weight is 268 g/mol. The highest BCUT2D eigenvalue weighted by molar-refractivity contribution is 6.03. The molecule has 1 aromatic carbocycles. The number of hydrogen-bond acceptors (Lipinski definition) is 5. The molecular formula is C14H12N4O2. The number of carbonyl (C=O) groups excluding carboxylic acids is 1. The van der Waals surface area contributed by atoms with Crippen molar-refractivity contribution in [2.45, 2.75) is 13.8 Å². The first-order valence-electron chi connectivity index (χ1n) is 6.11. The number of carbonyl (C=O) groups is 1. The highest BCUT2D eigenvalue weighted by atomic mass is 16.5. The maximum atomic E-state index is 12.2. The van der Waals surface area contributed by atoms with Gasteiger partial charge in [0.25, 0.3) is 5.91 Å². The van der Waals surface area contributed by atoms with E-state index in [1.807, 2.05) is 24.3 Å². The summed E-state index contributed by atoms with van der Waals surface area (Å²) in [5.41, 5.74) is 2.30. The number of rotatable bonds is 2. The highest BCUT2D eigenvalue weighted by Crippen LogP contribution is 2.14. The van der Waals surface area contributed by atoms with Crippen LogP contribution < -0.4 is 5.32 Å². The molecule has 100 valence electrons. The van der Waals surface area contributed by atoms with Gasteiger partial charge in [-0.25, -0.2) is 9.97 Å². The largest absolute Gasteiger partial charge is 0.360 e. The van der Waals surface area contributed by atoms with Crippen molar-refractivity contribution in [3.63, 3.8) is 0 Å². The molecule has 0 spiro atoms. The van der Waals surface area contributed by atoms with Gasteiger partial charge in [0.2, 0.25) is 0 Å². The molecule has 6 heteroatoms. The summed E-state index contributed by atoms with van der Waals surface area (Å²) in [5, 5.41) is 6.36. The fourth-order valence-corrected chi connectivity index (χ4v) is 1.90. The van der Waals surface area contributed by atoms with Crippen LogP contribution in [0.15, 0.2) is 34.9 Å². The standard InChI is InChI=1S/C14H12N4O2/c1-8-7-12(18-20-8)17-14(19)13-9(2)15-10-5-3-4-6-11(10)16-13/h3-7H,1-2H3,(H,17,18,19). The zero-order chi connectivity index (χ0) is 14.1. The number of nitrogens with zero attached hydrogens (tertiary/aromatic N) is 3. The minimum Gasteiger partial charge on any atom is -0.360 e. The third kappa shape index (κ3) is 2.23. The van der Waals surface area contributed by atoms with Crippen LogP contribution in [0.4, 0.5) is 5.82 Å². The maximum absolute atomic E-state index is 12.2. The summed E-state index contributed by atoms with van der Waals surface area (Å²) in [6, 6.07) is 9.06. The van der Waals surface area contributed by atoms with Crippen LogP contribution in [0.5, 0.6) is 0 Å². The van der Waals surface area contributed by atoms with Crippen molar-refractivity contribution < 1.29 is 9.32 Å². The minimum atomic E-state index is -0.353. The van der Waals surface area contributed by atoms with Crippen molar-refractivity contribution in [2.24, 2.45) is 0 Å². The average Bonchev–Trinajstić information content (AvgIpc) is 2.83. The zero-order valence-corrected chi connectivity index (χ0v) is 11.0. The molecule has 3 aromatic rings. The predicted octanol–water partition coefficient (Wildman–Crippen LogP) is 2.49. The van der Waals surface area contributed by atoms with E-state index in [0.29, 0.717) is 22.8 Å². The Bertz CT molecular complexity index is 795. The molecule has 2 aromatic heterocycles. The molecule has 0 saturated carbocycles. The van der Waals surface area contributed by atoms with Crippen molar-refractivity contribution in [2.75, 3.05) is 5.32 Å². The SMILES string of the molecule is Cc1cc(NC(=O)c2nc3ccccc3nc2C)no1. The van der Waals surface area contributed by atoms with Gasteiger partial charge in [0.15, 0.2) is 5.82 Å². The Kier molecular flexibility index (Phi) is 2.90. The van der Waals surface area contributed by atoms with Crippen molar-refractivity contribution in [1.29, 1.82) is 0 Å². The summed E-state index contributed by atoms with van der Waals surface area (Å²) in [5.74, 6) is 0.637. The van der Waals surface area contributed by atoms with Gasteiger partial charge in [0.05, 0.1) is 16.7 Å². The number of nitrogens with one attached hydrogen (secondary N) is 1. The second kappa shape index (κ2) is 4.73. The number of benzene rings is 1. The summed E-state index contributed by atoms with van der Waals surface area (Å²) >= 11 is 0. The second-order valence-corrected chi connectivity index (χ2v) is 4.42. The van der Waals surface area contributed by atoms with Crippen LogP contribution in [-0.4, -0.2) is 21.0 Å². The first kappa shape index (κ1) is 12.3. The van der Waals surface area contributed by atoms with Crippen LogP contribution in [0.3, 0.4) is 0 Å². The highest BCUT2D eigenvalue weighted by Gasteiger charge is 2.15. The monoisotopic (exact) mass is 268 g/mol. The molecule has 0 aliphatic heterocycles. The molecule has 3 rings (SSSR count). The van der Waals surface area contributed by atoms with Crippen LogP contribution in [0.25, 0.3) is 11.0 Å². The molecular weight excluding hydrogens is 256 g/mol. The van der Waals surface area contributed by atoms with Crippen molar-refractivity contribution in [3.8, 4) is 0 Å². The molecule has 0 bridgehead atoms. The summed E-state index contributed by atoms with van der Waals surface area (Å²) in [6.45, 7) is 3.51. The second-order valence-electron chi connectivity index (χ2n) is 4.42. The van der Waals surface area contributed by atoms with E-state index >= 15 is 0 Å². The van der Waals surface area contributed by atoms with E-state index < -0.39 is 0 Å². The van der Waals surface area contributed by atoms with Gasteiger partial charge in [0.1, 0.15) is 11.5 Å². The first-order valence-corrected chi connectivity index (χ1v) is 6.11. The molecule has 6 nitrogen and oxygen atoms in total. The number of aryl methyl sites for hydroxylation is 2. The van der Waals surface area contributed by atoms with E-state index in [2.05, 4.69) is 20.4 Å². The number of hydrogen-bond donors (Lipinski definition) is 1. The lowest BCUT2D eigenvalue weighted by atomic mass is 10.2. The molecule has 0 radical (unpaired) electrons. The third-order valence-corrected chi connectivity index (χ3v) is 2.83. The molecule has 2 heterocycles. The Morgan fingerprint density at radius 2 is 1.85 bits per heavy atom. The molecule has 0 aliphatic carbocycles. The lowest BCUT2D eigenvalue weighted by molar-refractivity contribution is 0.102. The van der Waals surface area contributed by atoms with Gasteiger partial charge in [-0.3, -0.25) is 4.79 Å². The fraction of sp³-hybridized carbons (Fsp3) is 0.143. The molecule has 0 aliphatic rings. The van der Waals surface area contributed by atoms with Crippen molar-refractivity contribution in [1.82, 2.24) is 15.1 Å². The van der Waals surface area contributed by atoms with Crippen LogP contribution >= 0.6 is 0 Å². The molecule has 20 heavy (non-hydrogen) atoms. The van der Waals surface area contributed by atoms with E-state index in [4.69, 9.17) is 4.52 Å². The summed E-state index contributed by atoms with van der Waals surface area (Å²) in [7, 11) is 0. The topological polar surface area (TPSA) is 80.9 Å². The summed E-state index contributed by atoms with van der Waals surface area (Å²) in [6.07, 6.45) is 0. The third-order valence-electron chi connectivity index (χ3n) is 2.83. The van der Waals surface area contributed by atoms with Gasteiger partial charge in [-0.2, -0.15) is 0 Å². The molecule has 0 fully saturated rings. The summed E-state index contributed by atoms with van der Waals surface area (Å²) < 4.78 is 4.90. The number of fused-ring (bicyclic) bond motifs is 1. The maximum Gasteiger partial charge on any atom is 0.277 e. The van der Waals surface area contributed by atoms with Gasteiger partial charge >= 0.3 is 0 Å². The van der Waals surface area contributed by atoms with Crippen LogP contribution in [0, 0.1) is 13.8 Å². The van der Waals surface area contributed by atoms with Crippen molar-refractivity contribution >= 4 is 22.8 Å². The zero-order valence-electron chi connectivity index (χ0n) is 11.0. The lowest BCUT2D eigenvalue weighted by Crippen LogP contribution is -2.16. The van der Waals surface area contributed by atoms with E-state index in [1.165, 1.54) is 0 Å². The Balaban J connectivity index is 1.96. The van der Waals surface area contributed by atoms with E-state index in [9.17, 15) is 4.79 Å². The Morgan fingerprint density at radius 1 is 1.15 bits per heavy atom. The lowest BCUT2D eigenvalue weighted by Gasteiger charge is -2.05. The number of para-hydroxylation sites is 2. The first-order chi connectivity index (χ1) is 9.63. The van der Waals surface area contributed by atoms with Gasteiger partial charge < -0.3 is 9.84 Å². The molecule has 1 N–H and O–H groups in total. The van der Waals surface area contributed by atoms with Crippen LogP contribution in [0.2, 0.25) is 0 Å². The van der Waals surface area contributed by atoms with Crippen molar-refractivity contribution in [3.05, 3.63) is 47.5 Å². The van der Waals surface area contributed by atoms with Gasteiger partial charge in [-0.1, -0.05) is 17.3 Å². The number of amides is 1. The smallest absolute Gasteiger partial charge is 0.277 e. The Morgan fingerprint density at radius 3 is 2.50 bits per heavy atom. The summed E-state index contributed by atoms with van der Waals surface area (Å²) in [4.78, 5) is 20.9. The van der Waals surface area contributed by atoms with Crippen LogP contribution in [-0.2, 0) is 0 Å². The Labute approximate surface area is 114 Å². The number of aromatic nitrogens is 3. The van der Waals surface area contributed by atoms with Gasteiger partial charge in [-0.05, 0) is 26.0 Å². The predicted molar refractivity (Wildman–Crippen MR) is 73.5 cm³/mol. The molecule has 0 unspecified atom stereocenters. The van der Waals surface area contributed by atoms with E-state index in [1.54, 1.807) is 19.9 Å². The minimum absolute atomic E-state index is 0.282. The Hall–Kier alpha value is -2.76.